The van der Waals surface area contributed by atoms with Crippen LogP contribution < -0.4 is 16.8 Å². The van der Waals surface area contributed by atoms with E-state index < -0.39 is 5.79 Å². The standard InChI is InChI=1S/C7H14N4O2S/c1-13-3-2-11-6(14)10-5(12)4-7(11,8)9/h2-4,8-9H2,1H3,(H,10,12,14). The SMILES string of the molecule is COCCN1C(=S)NC(=O)CC1(N)N. The molecular formula is C7H14N4O2S. The molecule has 0 unspecified atom stereocenters. The third kappa shape index (κ3) is 2.38. The number of hydrogen-bond donors (Lipinski definition) is 3. The smallest absolute Gasteiger partial charge is 0.231 e. The van der Waals surface area contributed by atoms with Crippen molar-refractivity contribution in [3.63, 3.8) is 0 Å². The molecule has 1 aliphatic rings. The molecule has 0 aliphatic carbocycles. The van der Waals surface area contributed by atoms with Gasteiger partial charge in [0.1, 0.15) is 0 Å². The molecule has 1 heterocycles. The highest BCUT2D eigenvalue weighted by atomic mass is 32.1. The maximum absolute atomic E-state index is 11.1. The second kappa shape index (κ2) is 4.18. The highest BCUT2D eigenvalue weighted by molar-refractivity contribution is 7.80. The predicted molar refractivity (Wildman–Crippen MR) is 55.0 cm³/mol. The lowest BCUT2D eigenvalue weighted by molar-refractivity contribution is -0.124. The summed E-state index contributed by atoms with van der Waals surface area (Å²) in [5.74, 6) is -1.47. The average Bonchev–Trinajstić information content (AvgIpc) is 2.00. The van der Waals surface area contributed by atoms with Crippen molar-refractivity contribution in [2.75, 3.05) is 20.3 Å². The first-order chi connectivity index (χ1) is 6.47. The van der Waals surface area contributed by atoms with E-state index in [9.17, 15) is 4.79 Å². The highest BCUT2D eigenvalue weighted by Crippen LogP contribution is 2.12. The van der Waals surface area contributed by atoms with Gasteiger partial charge in [-0.2, -0.15) is 0 Å². The molecular weight excluding hydrogens is 204 g/mol. The number of nitrogens with zero attached hydrogens (tertiary/aromatic N) is 1. The van der Waals surface area contributed by atoms with Crippen LogP contribution in [-0.4, -0.2) is 42.0 Å². The number of hydrogen-bond acceptors (Lipinski definition) is 5. The zero-order valence-electron chi connectivity index (χ0n) is 7.95. The zero-order chi connectivity index (χ0) is 10.8. The van der Waals surface area contributed by atoms with Gasteiger partial charge in [-0.3, -0.25) is 16.3 Å². The number of amides is 1. The van der Waals surface area contributed by atoms with E-state index in [0.717, 1.165) is 0 Å². The van der Waals surface area contributed by atoms with Crippen molar-refractivity contribution in [2.24, 2.45) is 11.5 Å². The molecule has 0 bridgehead atoms. The molecule has 1 aliphatic heterocycles. The fourth-order valence-electron chi connectivity index (χ4n) is 1.26. The van der Waals surface area contributed by atoms with Crippen LogP contribution in [-0.2, 0) is 9.53 Å². The molecule has 80 valence electrons. The van der Waals surface area contributed by atoms with Crippen molar-refractivity contribution in [1.29, 1.82) is 0 Å². The minimum absolute atomic E-state index is 0.0247. The van der Waals surface area contributed by atoms with Crippen LogP contribution in [0.4, 0.5) is 0 Å². The maximum atomic E-state index is 11.1. The quantitative estimate of drug-likeness (QED) is 0.386. The summed E-state index contributed by atoms with van der Waals surface area (Å²) >= 11 is 4.94. The van der Waals surface area contributed by atoms with Crippen LogP contribution in [0.3, 0.4) is 0 Å². The molecule has 0 aromatic carbocycles. The largest absolute Gasteiger partial charge is 0.383 e. The van der Waals surface area contributed by atoms with E-state index in [4.69, 9.17) is 28.4 Å². The lowest BCUT2D eigenvalue weighted by atomic mass is 10.2. The fraction of sp³-hybridized carbons (Fsp3) is 0.714. The predicted octanol–water partition coefficient (Wildman–Crippen LogP) is -1.69. The second-order valence-corrected chi connectivity index (χ2v) is 3.55. The first kappa shape index (κ1) is 11.3. The van der Waals surface area contributed by atoms with E-state index in [-0.39, 0.29) is 17.4 Å². The van der Waals surface area contributed by atoms with Crippen LogP contribution in [0.1, 0.15) is 6.42 Å². The van der Waals surface area contributed by atoms with Crippen LogP contribution in [0.2, 0.25) is 0 Å². The average molecular weight is 218 g/mol. The molecule has 6 nitrogen and oxygen atoms in total. The van der Waals surface area contributed by atoms with E-state index >= 15 is 0 Å². The summed E-state index contributed by atoms with van der Waals surface area (Å²) in [4.78, 5) is 12.6. The van der Waals surface area contributed by atoms with E-state index in [1.807, 2.05) is 0 Å². The van der Waals surface area contributed by atoms with Gasteiger partial charge in [0, 0.05) is 13.7 Å². The van der Waals surface area contributed by atoms with Gasteiger partial charge in [-0.25, -0.2) is 0 Å². The van der Waals surface area contributed by atoms with Gasteiger partial charge in [-0.1, -0.05) is 0 Å². The van der Waals surface area contributed by atoms with Crippen molar-refractivity contribution in [2.45, 2.75) is 12.2 Å². The molecule has 1 fully saturated rings. The van der Waals surface area contributed by atoms with Gasteiger partial charge in [0.25, 0.3) is 0 Å². The third-order valence-corrected chi connectivity index (χ3v) is 2.28. The topological polar surface area (TPSA) is 93.6 Å². The number of nitrogens with two attached hydrogens (primary N) is 2. The molecule has 7 heteroatoms. The van der Waals surface area contributed by atoms with Crippen molar-refractivity contribution < 1.29 is 9.53 Å². The molecule has 0 aromatic rings. The molecule has 14 heavy (non-hydrogen) atoms. The van der Waals surface area contributed by atoms with Gasteiger partial charge in [0.15, 0.2) is 10.9 Å². The summed E-state index contributed by atoms with van der Waals surface area (Å²) in [6, 6.07) is 0. The highest BCUT2D eigenvalue weighted by Gasteiger charge is 2.37. The van der Waals surface area contributed by atoms with Gasteiger partial charge >= 0.3 is 0 Å². The summed E-state index contributed by atoms with van der Waals surface area (Å²) in [7, 11) is 1.57. The fourth-order valence-corrected chi connectivity index (χ4v) is 1.64. The molecule has 0 aromatic heterocycles. The minimum atomic E-state index is -1.21. The molecule has 0 spiro atoms. The van der Waals surface area contributed by atoms with Crippen LogP contribution in [0.5, 0.6) is 0 Å². The minimum Gasteiger partial charge on any atom is -0.383 e. The van der Waals surface area contributed by atoms with Gasteiger partial charge < -0.3 is 15.0 Å². The Morgan fingerprint density at radius 1 is 1.71 bits per heavy atom. The lowest BCUT2D eigenvalue weighted by Crippen LogP contribution is -2.72. The number of nitrogens with one attached hydrogen (secondary N) is 1. The Morgan fingerprint density at radius 2 is 2.36 bits per heavy atom. The summed E-state index contributed by atoms with van der Waals surface area (Å²) < 4.78 is 4.89. The third-order valence-electron chi connectivity index (χ3n) is 1.96. The first-order valence-corrected chi connectivity index (χ1v) is 4.56. The van der Waals surface area contributed by atoms with E-state index in [2.05, 4.69) is 5.32 Å². The van der Waals surface area contributed by atoms with Gasteiger partial charge in [-0.05, 0) is 12.2 Å². The van der Waals surface area contributed by atoms with E-state index in [0.29, 0.717) is 13.2 Å². The van der Waals surface area contributed by atoms with E-state index in [1.54, 1.807) is 12.0 Å². The number of methoxy groups -OCH3 is 1. The van der Waals surface area contributed by atoms with Crippen LogP contribution in [0.25, 0.3) is 0 Å². The summed E-state index contributed by atoms with van der Waals surface area (Å²) in [6.45, 7) is 0.911. The molecule has 1 saturated heterocycles. The zero-order valence-corrected chi connectivity index (χ0v) is 8.76. The molecule has 0 radical (unpaired) electrons. The number of thiocarbonyl (C=S) groups is 1. The van der Waals surface area contributed by atoms with Crippen molar-refractivity contribution >= 4 is 23.2 Å². The number of rotatable bonds is 3. The van der Waals surface area contributed by atoms with Crippen molar-refractivity contribution in [3.8, 4) is 0 Å². The van der Waals surface area contributed by atoms with Crippen LogP contribution in [0, 0.1) is 0 Å². The number of carbonyl (C=O) groups is 1. The number of carbonyl (C=O) groups excluding carboxylic acids is 1. The van der Waals surface area contributed by atoms with Gasteiger partial charge in [-0.15, -0.1) is 0 Å². The summed E-state index contributed by atoms with van der Waals surface area (Å²) in [5, 5.41) is 2.75. The monoisotopic (exact) mass is 218 g/mol. The van der Waals surface area contributed by atoms with Gasteiger partial charge in [0.05, 0.1) is 13.0 Å². The molecule has 0 atom stereocenters. The molecule has 0 saturated carbocycles. The Labute approximate surface area is 87.5 Å². The van der Waals surface area contributed by atoms with E-state index in [1.165, 1.54) is 0 Å². The normalized spacial score (nSPS) is 20.9. The first-order valence-electron chi connectivity index (χ1n) is 4.15. The molecule has 1 amide bonds. The van der Waals surface area contributed by atoms with Crippen LogP contribution in [0.15, 0.2) is 0 Å². The summed E-state index contributed by atoms with van der Waals surface area (Å²) in [6.07, 6.45) is 0.0247. The van der Waals surface area contributed by atoms with Crippen molar-refractivity contribution in [3.05, 3.63) is 0 Å². The Hall–Kier alpha value is -0.760. The molecule has 5 N–H and O–H groups in total. The Morgan fingerprint density at radius 3 is 2.86 bits per heavy atom. The summed E-state index contributed by atoms with van der Waals surface area (Å²) in [5.41, 5.74) is 11.5. The molecule has 1 rings (SSSR count). The van der Waals surface area contributed by atoms with Crippen LogP contribution >= 0.6 is 12.2 Å². The Kier molecular flexibility index (Phi) is 3.38. The Balaban J connectivity index is 2.69. The maximum Gasteiger partial charge on any atom is 0.231 e. The second-order valence-electron chi connectivity index (χ2n) is 3.17. The van der Waals surface area contributed by atoms with Crippen molar-refractivity contribution in [1.82, 2.24) is 10.2 Å². The van der Waals surface area contributed by atoms with Gasteiger partial charge in [0.2, 0.25) is 5.91 Å². The Bertz CT molecular complexity index is 256. The number of ether oxygens (including phenoxy) is 1. The lowest BCUT2D eigenvalue weighted by Gasteiger charge is -2.42.